The summed E-state index contributed by atoms with van der Waals surface area (Å²) in [6.07, 6.45) is 4.55. The Labute approximate surface area is 70.3 Å². The van der Waals surface area contributed by atoms with Crippen molar-refractivity contribution in [3.05, 3.63) is 11.6 Å². The molecule has 66 valence electrons. The highest BCUT2D eigenvalue weighted by atomic mass is 16.4. The minimum absolute atomic E-state index is 0.241. The van der Waals surface area contributed by atoms with Crippen molar-refractivity contribution in [3.63, 3.8) is 0 Å². The molecule has 0 aromatic carbocycles. The number of carboxylic acids is 1. The number of rotatable bonds is 3. The zero-order chi connectivity index (χ0) is 8.97. The third-order valence-electron chi connectivity index (χ3n) is 1.73. The van der Waals surface area contributed by atoms with Gasteiger partial charge in [-0.25, -0.2) is 0 Å². The molecule has 2 N–H and O–H groups in total. The first-order valence-electron chi connectivity index (χ1n) is 3.89. The van der Waals surface area contributed by atoms with Gasteiger partial charge in [0.25, 0.3) is 0 Å². The van der Waals surface area contributed by atoms with Gasteiger partial charge in [0.1, 0.15) is 6.54 Å². The zero-order valence-electron chi connectivity index (χ0n) is 6.67. The summed E-state index contributed by atoms with van der Waals surface area (Å²) < 4.78 is 0. The minimum atomic E-state index is -1.01. The molecule has 1 rings (SSSR count). The monoisotopic (exact) mass is 169 g/mol. The summed E-state index contributed by atoms with van der Waals surface area (Å²) in [5.74, 6) is -1.25. The summed E-state index contributed by atoms with van der Waals surface area (Å²) in [5, 5.41) is 10.6. The highest BCUT2D eigenvalue weighted by molar-refractivity contribution is 5.95. The number of amides is 1. The molecule has 0 fully saturated rings. The second-order valence-corrected chi connectivity index (χ2v) is 2.70. The summed E-state index contributed by atoms with van der Waals surface area (Å²) in [5.41, 5.74) is 0.719. The van der Waals surface area contributed by atoms with Crippen LogP contribution in [0.4, 0.5) is 0 Å². The van der Waals surface area contributed by atoms with Crippen LogP contribution in [0.5, 0.6) is 0 Å². The summed E-state index contributed by atoms with van der Waals surface area (Å²) in [6, 6.07) is 0. The van der Waals surface area contributed by atoms with Crippen molar-refractivity contribution in [1.29, 1.82) is 0 Å². The Hall–Kier alpha value is -1.32. The van der Waals surface area contributed by atoms with Crippen LogP contribution >= 0.6 is 0 Å². The lowest BCUT2D eigenvalue weighted by Crippen LogP contribution is -2.29. The number of carbonyl (C=O) groups excluding carboxylic acids is 1. The van der Waals surface area contributed by atoms with Crippen molar-refractivity contribution < 1.29 is 14.7 Å². The maximum atomic E-state index is 11.1. The smallest absolute Gasteiger partial charge is 0.322 e. The first-order valence-corrected chi connectivity index (χ1v) is 3.89. The van der Waals surface area contributed by atoms with Gasteiger partial charge in [0.15, 0.2) is 0 Å². The number of aliphatic carboxylic acids is 1. The third kappa shape index (κ3) is 2.38. The van der Waals surface area contributed by atoms with Crippen LogP contribution in [0.2, 0.25) is 0 Å². The fraction of sp³-hybridized carbons (Fsp3) is 0.500. The number of allylic oxidation sites excluding steroid dienone is 1. The van der Waals surface area contributed by atoms with E-state index in [-0.39, 0.29) is 12.5 Å². The number of hydrogen-bond donors (Lipinski definition) is 2. The number of nitrogens with one attached hydrogen (secondary N) is 1. The van der Waals surface area contributed by atoms with E-state index in [1.54, 1.807) is 0 Å². The molecule has 0 atom stereocenters. The highest BCUT2D eigenvalue weighted by Crippen LogP contribution is 2.16. The van der Waals surface area contributed by atoms with Crippen LogP contribution in [-0.2, 0) is 9.59 Å². The largest absolute Gasteiger partial charge is 0.480 e. The van der Waals surface area contributed by atoms with E-state index in [1.165, 1.54) is 0 Å². The number of carboxylic acid groups (broad SMARTS) is 1. The van der Waals surface area contributed by atoms with E-state index in [9.17, 15) is 9.59 Å². The lowest BCUT2D eigenvalue weighted by atomic mass is 10.2. The van der Waals surface area contributed by atoms with E-state index in [0.717, 1.165) is 24.8 Å². The van der Waals surface area contributed by atoms with Gasteiger partial charge in [-0.3, -0.25) is 9.59 Å². The van der Waals surface area contributed by atoms with E-state index >= 15 is 0 Å². The van der Waals surface area contributed by atoms with Crippen molar-refractivity contribution in [1.82, 2.24) is 5.32 Å². The molecule has 4 nitrogen and oxygen atoms in total. The quantitative estimate of drug-likeness (QED) is 0.638. The van der Waals surface area contributed by atoms with Crippen molar-refractivity contribution >= 4 is 11.9 Å². The van der Waals surface area contributed by atoms with Crippen LogP contribution in [0, 0.1) is 0 Å². The second-order valence-electron chi connectivity index (χ2n) is 2.70. The Morgan fingerprint density at radius 2 is 2.33 bits per heavy atom. The van der Waals surface area contributed by atoms with Gasteiger partial charge >= 0.3 is 5.97 Å². The number of carbonyl (C=O) groups is 2. The van der Waals surface area contributed by atoms with Crippen LogP contribution < -0.4 is 5.32 Å². The van der Waals surface area contributed by atoms with E-state index in [1.807, 2.05) is 6.08 Å². The molecular weight excluding hydrogens is 158 g/mol. The molecule has 0 spiro atoms. The molecule has 0 aromatic rings. The van der Waals surface area contributed by atoms with Crippen LogP contribution in [0.1, 0.15) is 19.3 Å². The van der Waals surface area contributed by atoms with Crippen LogP contribution in [0.15, 0.2) is 11.6 Å². The van der Waals surface area contributed by atoms with Crippen molar-refractivity contribution in [2.75, 3.05) is 6.54 Å². The Morgan fingerprint density at radius 3 is 2.83 bits per heavy atom. The maximum Gasteiger partial charge on any atom is 0.322 e. The van der Waals surface area contributed by atoms with Crippen LogP contribution in [0.25, 0.3) is 0 Å². The average Bonchev–Trinajstić information content (AvgIpc) is 2.51. The Bertz CT molecular complexity index is 232. The fourth-order valence-electron chi connectivity index (χ4n) is 1.15. The second kappa shape index (κ2) is 3.90. The summed E-state index contributed by atoms with van der Waals surface area (Å²) in [4.78, 5) is 21.2. The van der Waals surface area contributed by atoms with E-state index in [4.69, 9.17) is 5.11 Å². The SMILES string of the molecule is O=C(O)CNC(=O)C1=CCCC1. The lowest BCUT2D eigenvalue weighted by molar-refractivity contribution is -0.137. The molecule has 4 heteroatoms. The van der Waals surface area contributed by atoms with Gasteiger partial charge in [-0.2, -0.15) is 0 Å². The van der Waals surface area contributed by atoms with Crippen molar-refractivity contribution in [2.45, 2.75) is 19.3 Å². The average molecular weight is 169 g/mol. The van der Waals surface area contributed by atoms with Gasteiger partial charge in [-0.15, -0.1) is 0 Å². The molecule has 0 radical (unpaired) electrons. The molecule has 0 unspecified atom stereocenters. The van der Waals surface area contributed by atoms with Gasteiger partial charge in [0.05, 0.1) is 0 Å². The Morgan fingerprint density at radius 1 is 1.58 bits per heavy atom. The molecule has 0 saturated carbocycles. The molecular formula is C8H11NO3. The van der Waals surface area contributed by atoms with Gasteiger partial charge in [0, 0.05) is 5.57 Å². The third-order valence-corrected chi connectivity index (χ3v) is 1.73. The molecule has 0 aromatic heterocycles. The summed E-state index contributed by atoms with van der Waals surface area (Å²) in [6.45, 7) is -0.295. The van der Waals surface area contributed by atoms with E-state index in [2.05, 4.69) is 5.32 Å². The molecule has 12 heavy (non-hydrogen) atoms. The Kier molecular flexibility index (Phi) is 2.85. The van der Waals surface area contributed by atoms with Gasteiger partial charge in [0.2, 0.25) is 5.91 Å². The predicted molar refractivity (Wildman–Crippen MR) is 42.6 cm³/mol. The first kappa shape index (κ1) is 8.77. The van der Waals surface area contributed by atoms with Crippen molar-refractivity contribution in [3.8, 4) is 0 Å². The molecule has 0 aliphatic heterocycles. The normalized spacial score (nSPS) is 15.5. The summed E-state index contributed by atoms with van der Waals surface area (Å²) >= 11 is 0. The van der Waals surface area contributed by atoms with Crippen LogP contribution in [0.3, 0.4) is 0 Å². The molecule has 0 saturated heterocycles. The summed E-state index contributed by atoms with van der Waals surface area (Å²) in [7, 11) is 0. The zero-order valence-corrected chi connectivity index (χ0v) is 6.67. The Balaban J connectivity index is 2.33. The lowest BCUT2D eigenvalue weighted by Gasteiger charge is -2.01. The van der Waals surface area contributed by atoms with Gasteiger partial charge < -0.3 is 10.4 Å². The van der Waals surface area contributed by atoms with E-state index < -0.39 is 5.97 Å². The molecule has 1 aliphatic carbocycles. The standard InChI is InChI=1S/C8H11NO3/c10-7(11)5-9-8(12)6-3-1-2-4-6/h3H,1-2,4-5H2,(H,9,12)(H,10,11). The first-order chi connectivity index (χ1) is 5.70. The maximum absolute atomic E-state index is 11.1. The van der Waals surface area contributed by atoms with Gasteiger partial charge in [-0.1, -0.05) is 6.08 Å². The number of hydrogen-bond acceptors (Lipinski definition) is 2. The van der Waals surface area contributed by atoms with Crippen LogP contribution in [-0.4, -0.2) is 23.5 Å². The topological polar surface area (TPSA) is 66.4 Å². The molecule has 1 amide bonds. The highest BCUT2D eigenvalue weighted by Gasteiger charge is 2.13. The molecule has 0 heterocycles. The molecule has 1 aliphatic rings. The molecule has 0 bridgehead atoms. The fourth-order valence-corrected chi connectivity index (χ4v) is 1.15. The minimum Gasteiger partial charge on any atom is -0.480 e. The predicted octanol–water partition coefficient (Wildman–Crippen LogP) is 0.297. The van der Waals surface area contributed by atoms with E-state index in [0.29, 0.717) is 0 Å². The van der Waals surface area contributed by atoms with Gasteiger partial charge in [-0.05, 0) is 19.3 Å². The van der Waals surface area contributed by atoms with Crippen molar-refractivity contribution in [2.24, 2.45) is 0 Å².